The number of benzene rings is 2. The molecule has 2 aromatic carbocycles. The van der Waals surface area contributed by atoms with Crippen LogP contribution in [0.3, 0.4) is 0 Å². The van der Waals surface area contributed by atoms with Crippen LogP contribution in [0.25, 0.3) is 16.9 Å². The second-order valence-corrected chi connectivity index (χ2v) is 8.31. The standard InChI is InChI=1S/C25H25N9/c1-18-28-17-34(31-18)22-6-4-21(5-7-22)29-25-27-10-9-23(30-25)19-3-8-24(20(15-19)16-26)33-13-11-32(2)12-14-33/h3-10,15,17H,11-14H2,1-2H3,(H,27,29,30). The Labute approximate surface area is 198 Å². The summed E-state index contributed by atoms with van der Waals surface area (Å²) >= 11 is 0. The number of anilines is 3. The van der Waals surface area contributed by atoms with Crippen molar-refractivity contribution in [3.8, 4) is 23.0 Å². The Morgan fingerprint density at radius 1 is 0.971 bits per heavy atom. The first-order chi connectivity index (χ1) is 16.6. The van der Waals surface area contributed by atoms with Crippen molar-refractivity contribution in [3.63, 3.8) is 0 Å². The van der Waals surface area contributed by atoms with Gasteiger partial charge < -0.3 is 15.1 Å². The third-order valence-corrected chi connectivity index (χ3v) is 5.91. The van der Waals surface area contributed by atoms with Gasteiger partial charge in [-0.1, -0.05) is 6.07 Å². The Morgan fingerprint density at radius 2 is 1.76 bits per heavy atom. The van der Waals surface area contributed by atoms with Crippen molar-refractivity contribution in [2.24, 2.45) is 0 Å². The molecule has 0 saturated carbocycles. The molecule has 1 N–H and O–H groups in total. The Kier molecular flexibility index (Phi) is 5.89. The number of likely N-dealkylation sites (N-methyl/N-ethyl adjacent to an activating group) is 1. The molecule has 170 valence electrons. The summed E-state index contributed by atoms with van der Waals surface area (Å²) in [4.78, 5) is 17.8. The van der Waals surface area contributed by atoms with Gasteiger partial charge in [-0.25, -0.2) is 19.6 Å². The van der Waals surface area contributed by atoms with Gasteiger partial charge in [0.1, 0.15) is 18.2 Å². The summed E-state index contributed by atoms with van der Waals surface area (Å²) < 4.78 is 1.73. The maximum absolute atomic E-state index is 9.79. The summed E-state index contributed by atoms with van der Waals surface area (Å²) in [5, 5.41) is 17.4. The van der Waals surface area contributed by atoms with Crippen LogP contribution < -0.4 is 10.2 Å². The molecule has 0 bridgehead atoms. The molecule has 1 saturated heterocycles. The number of hydrogen-bond acceptors (Lipinski definition) is 8. The van der Waals surface area contributed by atoms with Crippen LogP contribution in [-0.4, -0.2) is 62.9 Å². The van der Waals surface area contributed by atoms with Crippen molar-refractivity contribution in [3.05, 3.63) is 72.4 Å². The van der Waals surface area contributed by atoms with Crippen LogP contribution in [0.5, 0.6) is 0 Å². The van der Waals surface area contributed by atoms with Gasteiger partial charge in [-0.2, -0.15) is 10.4 Å². The van der Waals surface area contributed by atoms with Gasteiger partial charge in [0, 0.05) is 43.6 Å². The number of aryl methyl sites for hydroxylation is 1. The quantitative estimate of drug-likeness (QED) is 0.493. The largest absolute Gasteiger partial charge is 0.368 e. The van der Waals surface area contributed by atoms with Gasteiger partial charge in [-0.15, -0.1) is 0 Å². The van der Waals surface area contributed by atoms with E-state index >= 15 is 0 Å². The monoisotopic (exact) mass is 451 g/mol. The molecule has 2 aromatic heterocycles. The van der Waals surface area contributed by atoms with Crippen LogP contribution in [0.15, 0.2) is 61.1 Å². The van der Waals surface area contributed by atoms with E-state index < -0.39 is 0 Å². The van der Waals surface area contributed by atoms with Crippen LogP contribution in [-0.2, 0) is 0 Å². The van der Waals surface area contributed by atoms with E-state index in [0.717, 1.165) is 60.3 Å². The summed E-state index contributed by atoms with van der Waals surface area (Å²) in [6, 6.07) is 18.0. The van der Waals surface area contributed by atoms with Crippen LogP contribution in [0.4, 0.5) is 17.3 Å². The molecule has 5 rings (SSSR count). The highest BCUT2D eigenvalue weighted by atomic mass is 15.3. The lowest BCUT2D eigenvalue weighted by molar-refractivity contribution is 0.313. The van der Waals surface area contributed by atoms with Crippen molar-refractivity contribution in [2.75, 3.05) is 43.4 Å². The van der Waals surface area contributed by atoms with Gasteiger partial charge in [0.2, 0.25) is 5.95 Å². The molecular formula is C25H25N9. The highest BCUT2D eigenvalue weighted by Gasteiger charge is 2.18. The topological polar surface area (TPSA) is 98.8 Å². The van der Waals surface area contributed by atoms with E-state index in [0.29, 0.717) is 11.5 Å². The van der Waals surface area contributed by atoms with Crippen LogP contribution in [0.2, 0.25) is 0 Å². The van der Waals surface area contributed by atoms with E-state index in [1.165, 1.54) is 0 Å². The second kappa shape index (κ2) is 9.29. The summed E-state index contributed by atoms with van der Waals surface area (Å²) in [5.41, 5.74) is 5.07. The summed E-state index contributed by atoms with van der Waals surface area (Å²) in [7, 11) is 2.12. The van der Waals surface area contributed by atoms with E-state index in [-0.39, 0.29) is 0 Å². The molecule has 3 heterocycles. The van der Waals surface area contributed by atoms with E-state index in [4.69, 9.17) is 0 Å². The predicted molar refractivity (Wildman–Crippen MR) is 131 cm³/mol. The van der Waals surface area contributed by atoms with Gasteiger partial charge in [0.15, 0.2) is 0 Å². The van der Waals surface area contributed by atoms with Crippen molar-refractivity contribution >= 4 is 17.3 Å². The molecule has 9 nitrogen and oxygen atoms in total. The molecule has 0 aliphatic carbocycles. The fourth-order valence-electron chi connectivity index (χ4n) is 3.98. The summed E-state index contributed by atoms with van der Waals surface area (Å²) in [6.07, 6.45) is 3.41. The Morgan fingerprint density at radius 3 is 2.47 bits per heavy atom. The van der Waals surface area contributed by atoms with E-state index in [1.54, 1.807) is 17.2 Å². The summed E-state index contributed by atoms with van der Waals surface area (Å²) in [6.45, 7) is 5.68. The van der Waals surface area contributed by atoms with Crippen LogP contribution in [0, 0.1) is 18.3 Å². The van der Waals surface area contributed by atoms with E-state index in [9.17, 15) is 5.26 Å². The number of hydrogen-bond donors (Lipinski definition) is 1. The zero-order chi connectivity index (χ0) is 23.5. The van der Waals surface area contributed by atoms with Gasteiger partial charge in [0.05, 0.1) is 22.6 Å². The highest BCUT2D eigenvalue weighted by Crippen LogP contribution is 2.28. The van der Waals surface area contributed by atoms with Crippen molar-refractivity contribution in [2.45, 2.75) is 6.92 Å². The van der Waals surface area contributed by atoms with E-state index in [2.05, 4.69) is 48.3 Å². The first-order valence-electron chi connectivity index (χ1n) is 11.2. The smallest absolute Gasteiger partial charge is 0.227 e. The lowest BCUT2D eigenvalue weighted by Crippen LogP contribution is -2.44. The number of piperazine rings is 1. The lowest BCUT2D eigenvalue weighted by atomic mass is 10.1. The van der Waals surface area contributed by atoms with Crippen LogP contribution >= 0.6 is 0 Å². The molecule has 0 radical (unpaired) electrons. The minimum Gasteiger partial charge on any atom is -0.368 e. The zero-order valence-corrected chi connectivity index (χ0v) is 19.2. The second-order valence-electron chi connectivity index (χ2n) is 8.31. The predicted octanol–water partition coefficient (Wildman–Crippen LogP) is 3.40. The molecular weight excluding hydrogens is 426 g/mol. The number of aromatic nitrogens is 5. The normalized spacial score (nSPS) is 14.1. The van der Waals surface area contributed by atoms with Gasteiger partial charge >= 0.3 is 0 Å². The third kappa shape index (κ3) is 4.58. The average Bonchev–Trinajstić information content (AvgIpc) is 3.31. The van der Waals surface area contributed by atoms with Crippen molar-refractivity contribution < 1.29 is 0 Å². The zero-order valence-electron chi connectivity index (χ0n) is 19.2. The number of nitriles is 1. The van der Waals surface area contributed by atoms with Crippen LogP contribution in [0.1, 0.15) is 11.4 Å². The molecule has 0 amide bonds. The fraction of sp³-hybridized carbons (Fsp3) is 0.240. The SMILES string of the molecule is Cc1ncn(-c2ccc(Nc3nccc(-c4ccc(N5CCN(C)CC5)c(C#N)c4)n3)cc2)n1. The molecule has 0 unspecified atom stereocenters. The maximum atomic E-state index is 9.79. The fourth-order valence-corrected chi connectivity index (χ4v) is 3.98. The number of nitrogens with one attached hydrogen (secondary N) is 1. The number of rotatable bonds is 5. The minimum absolute atomic E-state index is 0.489. The molecule has 0 spiro atoms. The van der Waals surface area contributed by atoms with Gasteiger partial charge in [0.25, 0.3) is 0 Å². The maximum Gasteiger partial charge on any atom is 0.227 e. The van der Waals surface area contributed by atoms with Gasteiger partial charge in [-0.3, -0.25) is 0 Å². The highest BCUT2D eigenvalue weighted by molar-refractivity contribution is 5.70. The van der Waals surface area contributed by atoms with E-state index in [1.807, 2.05) is 55.5 Å². The number of nitrogens with zero attached hydrogens (tertiary/aromatic N) is 8. The van der Waals surface area contributed by atoms with Crippen molar-refractivity contribution in [1.29, 1.82) is 5.26 Å². The molecule has 9 heteroatoms. The van der Waals surface area contributed by atoms with Crippen molar-refractivity contribution in [1.82, 2.24) is 29.6 Å². The molecule has 1 fully saturated rings. The molecule has 34 heavy (non-hydrogen) atoms. The third-order valence-electron chi connectivity index (χ3n) is 5.91. The molecule has 0 atom stereocenters. The summed E-state index contributed by atoms with van der Waals surface area (Å²) in [5.74, 6) is 1.21. The Bertz CT molecular complexity index is 1330. The molecule has 1 aliphatic heterocycles. The Balaban J connectivity index is 1.34. The minimum atomic E-state index is 0.489. The lowest BCUT2D eigenvalue weighted by Gasteiger charge is -2.34. The molecule has 1 aliphatic rings. The Hall–Kier alpha value is -4.29. The first kappa shape index (κ1) is 21.6. The average molecular weight is 452 g/mol. The molecule has 4 aromatic rings. The van der Waals surface area contributed by atoms with Gasteiger partial charge in [-0.05, 0) is 56.4 Å². The first-order valence-corrected chi connectivity index (χ1v) is 11.2.